The summed E-state index contributed by atoms with van der Waals surface area (Å²) in [4.78, 5) is 0. The second-order valence-corrected chi connectivity index (χ2v) is 8.03. The molecule has 3 aliphatic rings. The molecule has 114 valence electrons. The van der Waals surface area contributed by atoms with Gasteiger partial charge in [0, 0.05) is 0 Å². The molecule has 0 heteroatoms. The monoisotopic (exact) mass is 282 g/mol. The highest BCUT2D eigenvalue weighted by atomic mass is 14.4. The largest absolute Gasteiger partial charge is 0.0622 e. The van der Waals surface area contributed by atoms with Gasteiger partial charge in [-0.05, 0) is 66.0 Å². The van der Waals surface area contributed by atoms with Crippen LogP contribution in [0.15, 0.2) is 18.2 Å². The third-order valence-electron chi connectivity index (χ3n) is 6.77. The van der Waals surface area contributed by atoms with Gasteiger partial charge in [0.2, 0.25) is 0 Å². The van der Waals surface area contributed by atoms with E-state index in [0.29, 0.717) is 0 Å². The zero-order chi connectivity index (χ0) is 14.2. The molecule has 21 heavy (non-hydrogen) atoms. The average molecular weight is 282 g/mol. The molecule has 0 heterocycles. The number of rotatable bonds is 1. The lowest BCUT2D eigenvalue weighted by atomic mass is 9.80. The molecule has 2 saturated carbocycles. The Bertz CT molecular complexity index is 495. The first-order valence-corrected chi connectivity index (χ1v) is 9.45. The Morgan fingerprint density at radius 3 is 2.48 bits per heavy atom. The van der Waals surface area contributed by atoms with Crippen molar-refractivity contribution in [2.75, 3.05) is 0 Å². The van der Waals surface area contributed by atoms with Crippen molar-refractivity contribution in [3.8, 4) is 0 Å². The van der Waals surface area contributed by atoms with Crippen molar-refractivity contribution < 1.29 is 0 Å². The van der Waals surface area contributed by atoms with Crippen LogP contribution in [0, 0.1) is 11.8 Å². The molecule has 0 amide bonds. The standard InChI is InChI=1S/C21H30/c1-15-7-5-6-10-19-20(15)14-18-12-11-17(13-21(18)19)16-8-3-2-4-9-16/h11-13,15-16,19-20H,2-10,14H2,1H3. The Hall–Kier alpha value is -0.780. The minimum atomic E-state index is 0.867. The van der Waals surface area contributed by atoms with Crippen LogP contribution in [-0.4, -0.2) is 0 Å². The van der Waals surface area contributed by atoms with Gasteiger partial charge in [0.1, 0.15) is 0 Å². The Morgan fingerprint density at radius 1 is 0.857 bits per heavy atom. The third-order valence-corrected chi connectivity index (χ3v) is 6.77. The van der Waals surface area contributed by atoms with Crippen LogP contribution in [0.1, 0.15) is 93.2 Å². The quantitative estimate of drug-likeness (QED) is 0.575. The number of benzene rings is 1. The van der Waals surface area contributed by atoms with Crippen LogP contribution in [0.2, 0.25) is 0 Å². The highest BCUT2D eigenvalue weighted by molar-refractivity contribution is 5.41. The summed E-state index contributed by atoms with van der Waals surface area (Å²) in [5.41, 5.74) is 5.13. The van der Waals surface area contributed by atoms with E-state index in [0.717, 1.165) is 23.7 Å². The Kier molecular flexibility index (Phi) is 3.81. The van der Waals surface area contributed by atoms with E-state index in [1.165, 1.54) is 64.2 Å². The zero-order valence-electron chi connectivity index (χ0n) is 13.6. The van der Waals surface area contributed by atoms with Crippen LogP contribution in [0.4, 0.5) is 0 Å². The summed E-state index contributed by atoms with van der Waals surface area (Å²) < 4.78 is 0. The van der Waals surface area contributed by atoms with Gasteiger partial charge in [-0.3, -0.25) is 0 Å². The minimum absolute atomic E-state index is 0.867. The van der Waals surface area contributed by atoms with Gasteiger partial charge >= 0.3 is 0 Å². The lowest BCUT2D eigenvalue weighted by Crippen LogP contribution is -2.14. The number of hydrogen-bond donors (Lipinski definition) is 0. The molecular formula is C21H30. The summed E-state index contributed by atoms with van der Waals surface area (Å²) >= 11 is 0. The van der Waals surface area contributed by atoms with Crippen LogP contribution < -0.4 is 0 Å². The molecule has 0 spiro atoms. The molecule has 3 atom stereocenters. The summed E-state index contributed by atoms with van der Waals surface area (Å²) in [5.74, 6) is 3.64. The fraction of sp³-hybridized carbons (Fsp3) is 0.714. The van der Waals surface area contributed by atoms with E-state index in [9.17, 15) is 0 Å². The van der Waals surface area contributed by atoms with Crippen molar-refractivity contribution in [3.63, 3.8) is 0 Å². The summed E-state index contributed by atoms with van der Waals surface area (Å²) in [6, 6.07) is 7.62. The van der Waals surface area contributed by atoms with Crippen LogP contribution in [-0.2, 0) is 6.42 Å². The molecule has 0 N–H and O–H groups in total. The van der Waals surface area contributed by atoms with E-state index in [2.05, 4.69) is 25.1 Å². The second-order valence-electron chi connectivity index (χ2n) is 8.03. The SMILES string of the molecule is CC1CCCCC2c3cc(C4CCCCC4)ccc3CC12. The van der Waals surface area contributed by atoms with Crippen LogP contribution in [0.3, 0.4) is 0 Å². The van der Waals surface area contributed by atoms with Crippen molar-refractivity contribution in [1.82, 2.24) is 0 Å². The molecule has 0 aliphatic heterocycles. The predicted molar refractivity (Wildman–Crippen MR) is 89.8 cm³/mol. The highest BCUT2D eigenvalue weighted by Crippen LogP contribution is 2.49. The first-order valence-electron chi connectivity index (χ1n) is 9.45. The molecule has 4 rings (SSSR count). The lowest BCUT2D eigenvalue weighted by molar-refractivity contribution is 0.322. The maximum absolute atomic E-state index is 2.65. The summed E-state index contributed by atoms with van der Waals surface area (Å²) in [6.45, 7) is 2.51. The van der Waals surface area contributed by atoms with Gasteiger partial charge in [-0.1, -0.05) is 63.6 Å². The maximum atomic E-state index is 2.65. The summed E-state index contributed by atoms with van der Waals surface area (Å²) in [7, 11) is 0. The van der Waals surface area contributed by atoms with Gasteiger partial charge in [-0.25, -0.2) is 0 Å². The van der Waals surface area contributed by atoms with E-state index in [-0.39, 0.29) is 0 Å². The van der Waals surface area contributed by atoms with Gasteiger partial charge in [0.05, 0.1) is 0 Å². The molecule has 0 radical (unpaired) electrons. The van der Waals surface area contributed by atoms with Gasteiger partial charge < -0.3 is 0 Å². The van der Waals surface area contributed by atoms with E-state index in [1.54, 1.807) is 16.7 Å². The second kappa shape index (κ2) is 5.78. The summed E-state index contributed by atoms with van der Waals surface area (Å²) in [6.07, 6.45) is 14.4. The minimum Gasteiger partial charge on any atom is -0.0622 e. The maximum Gasteiger partial charge on any atom is -0.0125 e. The van der Waals surface area contributed by atoms with Crippen LogP contribution >= 0.6 is 0 Å². The van der Waals surface area contributed by atoms with Crippen LogP contribution in [0.5, 0.6) is 0 Å². The molecule has 1 aromatic rings. The molecule has 2 fully saturated rings. The van der Waals surface area contributed by atoms with Crippen LogP contribution in [0.25, 0.3) is 0 Å². The summed E-state index contributed by atoms with van der Waals surface area (Å²) in [5, 5.41) is 0. The van der Waals surface area contributed by atoms with Crippen molar-refractivity contribution in [3.05, 3.63) is 34.9 Å². The predicted octanol–water partition coefficient (Wildman–Crippen LogP) is 6.20. The molecule has 1 aromatic carbocycles. The first kappa shape index (κ1) is 13.9. The normalized spacial score (nSPS) is 33.3. The van der Waals surface area contributed by atoms with Gasteiger partial charge in [0.25, 0.3) is 0 Å². The molecule has 0 aromatic heterocycles. The Morgan fingerprint density at radius 2 is 1.62 bits per heavy atom. The smallest absolute Gasteiger partial charge is 0.0125 e. The number of hydrogen-bond acceptors (Lipinski definition) is 0. The topological polar surface area (TPSA) is 0 Å². The fourth-order valence-electron chi connectivity index (χ4n) is 5.47. The van der Waals surface area contributed by atoms with Gasteiger partial charge in [0.15, 0.2) is 0 Å². The van der Waals surface area contributed by atoms with Crippen molar-refractivity contribution >= 4 is 0 Å². The third kappa shape index (κ3) is 2.56. The first-order chi connectivity index (χ1) is 10.3. The van der Waals surface area contributed by atoms with Crippen molar-refractivity contribution in [1.29, 1.82) is 0 Å². The molecule has 0 saturated heterocycles. The van der Waals surface area contributed by atoms with E-state index in [4.69, 9.17) is 0 Å². The highest BCUT2D eigenvalue weighted by Gasteiger charge is 2.37. The van der Waals surface area contributed by atoms with E-state index >= 15 is 0 Å². The molecule has 0 bridgehead atoms. The average Bonchev–Trinajstić information content (AvgIpc) is 2.80. The molecule has 0 nitrogen and oxygen atoms in total. The lowest BCUT2D eigenvalue weighted by Gasteiger charge is -2.24. The molecular weight excluding hydrogens is 252 g/mol. The van der Waals surface area contributed by atoms with E-state index < -0.39 is 0 Å². The van der Waals surface area contributed by atoms with Gasteiger partial charge in [-0.15, -0.1) is 0 Å². The molecule has 3 unspecified atom stereocenters. The fourth-order valence-corrected chi connectivity index (χ4v) is 5.47. The number of fused-ring (bicyclic) bond motifs is 3. The van der Waals surface area contributed by atoms with Gasteiger partial charge in [-0.2, -0.15) is 0 Å². The van der Waals surface area contributed by atoms with Crippen molar-refractivity contribution in [2.45, 2.75) is 83.0 Å². The Labute approximate surface area is 130 Å². The van der Waals surface area contributed by atoms with E-state index in [1.807, 2.05) is 0 Å². The zero-order valence-corrected chi connectivity index (χ0v) is 13.6. The van der Waals surface area contributed by atoms with Crippen molar-refractivity contribution in [2.24, 2.45) is 11.8 Å². The molecule has 3 aliphatic carbocycles. The Balaban J connectivity index is 1.63.